The second-order valence-electron chi connectivity index (χ2n) is 17.6. The maximum Gasteiger partial charge on any atom is 0.318 e. The van der Waals surface area contributed by atoms with Crippen LogP contribution < -0.4 is 0 Å². The number of esters is 1. The minimum absolute atomic E-state index is 0.0298. The van der Waals surface area contributed by atoms with Gasteiger partial charge in [-0.3, -0.25) is 4.79 Å². The Labute approximate surface area is 278 Å². The zero-order valence-corrected chi connectivity index (χ0v) is 28.7. The second kappa shape index (κ2) is 11.7. The first-order valence-corrected chi connectivity index (χ1v) is 17.7. The van der Waals surface area contributed by atoms with E-state index >= 15 is 0 Å². The molecule has 0 aromatic rings. The first kappa shape index (κ1) is 35.7. The number of ether oxygens (including phenoxy) is 2. The number of allylic oxidation sites excluding steroid dienone is 1. The third-order valence-corrected chi connectivity index (χ3v) is 15.3. The van der Waals surface area contributed by atoms with E-state index in [1.54, 1.807) is 0 Å². The van der Waals surface area contributed by atoms with Crippen LogP contribution in [0.4, 0.5) is 0 Å². The molecule has 1 heterocycles. The van der Waals surface area contributed by atoms with Crippen LogP contribution in [0.2, 0.25) is 0 Å². The fourth-order valence-electron chi connectivity index (χ4n) is 12.2. The maximum atomic E-state index is 14.4. The topological polar surface area (TPSA) is 197 Å². The minimum atomic E-state index is -1.69. The third kappa shape index (κ3) is 4.81. The fraction of sp³-hybridized carbons (Fsp3) is 0.917. The molecule has 0 bridgehead atoms. The van der Waals surface area contributed by atoms with Gasteiger partial charge in [0.05, 0.1) is 30.8 Å². The van der Waals surface area contributed by atoms with Crippen molar-refractivity contribution in [2.45, 2.75) is 142 Å². The van der Waals surface area contributed by atoms with Gasteiger partial charge in [0.25, 0.3) is 0 Å². The third-order valence-electron chi connectivity index (χ3n) is 15.3. The molecule has 4 saturated carbocycles. The van der Waals surface area contributed by atoms with E-state index in [0.29, 0.717) is 38.5 Å². The van der Waals surface area contributed by atoms with Crippen LogP contribution in [0.5, 0.6) is 0 Å². The number of hydrogen-bond donors (Lipinski definition) is 8. The van der Waals surface area contributed by atoms with Crippen molar-refractivity contribution in [1.82, 2.24) is 0 Å². The molecule has 15 atom stereocenters. The van der Waals surface area contributed by atoms with E-state index < -0.39 is 71.7 Å². The van der Waals surface area contributed by atoms with Gasteiger partial charge in [0, 0.05) is 12.0 Å². The van der Waals surface area contributed by atoms with Gasteiger partial charge in [-0.05, 0) is 97.7 Å². The Balaban J connectivity index is 1.39. The lowest BCUT2D eigenvalue weighted by atomic mass is 9.33. The van der Waals surface area contributed by atoms with Crippen molar-refractivity contribution in [3.8, 4) is 0 Å². The molecule has 47 heavy (non-hydrogen) atoms. The van der Waals surface area contributed by atoms with Gasteiger partial charge >= 0.3 is 5.97 Å². The second-order valence-corrected chi connectivity index (χ2v) is 17.6. The Morgan fingerprint density at radius 3 is 2.13 bits per heavy atom. The van der Waals surface area contributed by atoms with E-state index in [9.17, 15) is 45.6 Å². The highest BCUT2D eigenvalue weighted by molar-refractivity contribution is 5.82. The highest BCUT2D eigenvalue weighted by Crippen LogP contribution is 2.75. The van der Waals surface area contributed by atoms with Crippen molar-refractivity contribution >= 4 is 5.97 Å². The van der Waals surface area contributed by atoms with E-state index in [4.69, 9.17) is 9.47 Å². The molecule has 1 saturated heterocycles. The summed E-state index contributed by atoms with van der Waals surface area (Å²) in [5.41, 5.74) is -0.824. The SMILES string of the molecule is C[C@]1(CO)CC[C@]2(C(=O)O[C@@H]3O[C@H](CO)[C@@H](O)[C@H](O)[C@H]3O)CC[C@]3(C)C(=C2C1)CC[C@@H]1[C@@]2(C)C[C@@H](O)[C@H](O)[C@@](C)(CO)[C@@H]2CC[C@]13C. The molecule has 6 aliphatic rings. The highest BCUT2D eigenvalue weighted by atomic mass is 16.7. The Morgan fingerprint density at radius 1 is 0.809 bits per heavy atom. The molecule has 11 nitrogen and oxygen atoms in total. The lowest BCUT2D eigenvalue weighted by molar-refractivity contribution is -0.295. The number of carbonyl (C=O) groups is 1. The lowest BCUT2D eigenvalue weighted by Crippen LogP contribution is -2.68. The van der Waals surface area contributed by atoms with Crippen molar-refractivity contribution in [1.29, 1.82) is 0 Å². The molecule has 268 valence electrons. The number of aliphatic hydroxyl groups excluding tert-OH is 8. The summed E-state index contributed by atoms with van der Waals surface area (Å²) < 4.78 is 11.5. The lowest BCUT2D eigenvalue weighted by Gasteiger charge is -2.71. The number of fused-ring (bicyclic) bond motifs is 6. The molecule has 0 spiro atoms. The number of hydrogen-bond acceptors (Lipinski definition) is 11. The Bertz CT molecular complexity index is 1270. The van der Waals surface area contributed by atoms with Crippen LogP contribution in [0.15, 0.2) is 11.1 Å². The van der Waals surface area contributed by atoms with Gasteiger partial charge in [0.1, 0.15) is 24.4 Å². The molecule has 8 N–H and O–H groups in total. The number of aliphatic hydroxyl groups is 8. The van der Waals surface area contributed by atoms with Gasteiger partial charge in [0.2, 0.25) is 6.29 Å². The summed E-state index contributed by atoms with van der Waals surface area (Å²) in [4.78, 5) is 14.4. The number of rotatable bonds is 5. The van der Waals surface area contributed by atoms with Crippen LogP contribution in [0, 0.1) is 44.3 Å². The van der Waals surface area contributed by atoms with Crippen LogP contribution in [0.25, 0.3) is 0 Å². The molecular weight excluding hydrogens is 608 g/mol. The zero-order chi connectivity index (χ0) is 34.5. The molecular formula is C36H58O11. The molecule has 0 aromatic carbocycles. The molecule has 0 aromatic heterocycles. The van der Waals surface area contributed by atoms with Crippen LogP contribution in [0.3, 0.4) is 0 Å². The summed E-state index contributed by atoms with van der Waals surface area (Å²) >= 11 is 0. The quantitative estimate of drug-likeness (QED) is 0.157. The average molecular weight is 667 g/mol. The number of carbonyl (C=O) groups excluding carboxylic acids is 1. The molecule has 0 amide bonds. The molecule has 1 aliphatic heterocycles. The molecule has 11 heteroatoms. The highest BCUT2D eigenvalue weighted by Gasteiger charge is 2.70. The Kier molecular flexibility index (Phi) is 8.88. The van der Waals surface area contributed by atoms with Gasteiger partial charge in [0.15, 0.2) is 0 Å². The van der Waals surface area contributed by atoms with Crippen molar-refractivity contribution < 1.29 is 55.1 Å². The van der Waals surface area contributed by atoms with Crippen molar-refractivity contribution in [3.05, 3.63) is 11.1 Å². The zero-order valence-electron chi connectivity index (χ0n) is 28.7. The fourth-order valence-corrected chi connectivity index (χ4v) is 12.2. The van der Waals surface area contributed by atoms with E-state index in [1.165, 1.54) is 5.57 Å². The van der Waals surface area contributed by atoms with E-state index in [2.05, 4.69) is 20.8 Å². The Morgan fingerprint density at radius 2 is 1.49 bits per heavy atom. The van der Waals surface area contributed by atoms with E-state index in [1.807, 2.05) is 13.8 Å². The van der Waals surface area contributed by atoms with Gasteiger partial charge in [-0.2, -0.15) is 0 Å². The van der Waals surface area contributed by atoms with Crippen molar-refractivity contribution in [3.63, 3.8) is 0 Å². The van der Waals surface area contributed by atoms with Crippen LogP contribution in [-0.2, 0) is 14.3 Å². The minimum Gasteiger partial charge on any atom is -0.432 e. The van der Waals surface area contributed by atoms with Crippen molar-refractivity contribution in [2.24, 2.45) is 44.3 Å². The van der Waals surface area contributed by atoms with E-state index in [-0.39, 0.29) is 41.3 Å². The summed E-state index contributed by atoms with van der Waals surface area (Å²) in [6.07, 6.45) is -3.09. The molecule has 0 radical (unpaired) electrons. The summed E-state index contributed by atoms with van der Waals surface area (Å²) in [5, 5.41) is 84.3. The standard InChI is InChI=1S/C36H58O11/c1-31(17-38)10-12-36(30(45)47-29-27(43)26(42)25(41)22(16-37)46-29)13-11-34(4)19(20(36)14-31)6-7-24-32(2)15-21(40)28(44)33(3,18-39)23(32)8-9-35(24,34)5/h21-29,37-44H,6-18H2,1-5H3/t21-,22-,23-,24-,25-,26+,27-,28+,29+,31+,32+,33+,34-,35-,36+/m1/s1. The van der Waals surface area contributed by atoms with Gasteiger partial charge in [-0.25, -0.2) is 0 Å². The normalized spacial score (nSPS) is 54.5. The van der Waals surface area contributed by atoms with E-state index in [0.717, 1.165) is 31.3 Å². The molecule has 0 unspecified atom stereocenters. The van der Waals surface area contributed by atoms with Crippen LogP contribution in [-0.4, -0.2) is 110 Å². The Hall–Kier alpha value is -1.15. The predicted octanol–water partition coefficient (Wildman–Crippen LogP) is 1.55. The summed E-state index contributed by atoms with van der Waals surface area (Å²) in [6, 6.07) is 0. The first-order valence-electron chi connectivity index (χ1n) is 17.7. The van der Waals surface area contributed by atoms with Crippen LogP contribution >= 0.6 is 0 Å². The summed E-state index contributed by atoms with van der Waals surface area (Å²) in [7, 11) is 0. The summed E-state index contributed by atoms with van der Waals surface area (Å²) in [6.45, 7) is 10.0. The first-order chi connectivity index (χ1) is 21.9. The maximum absolute atomic E-state index is 14.4. The molecule has 5 aliphatic carbocycles. The largest absolute Gasteiger partial charge is 0.432 e. The van der Waals surface area contributed by atoms with Crippen molar-refractivity contribution in [2.75, 3.05) is 19.8 Å². The van der Waals surface area contributed by atoms with Crippen LogP contribution in [0.1, 0.15) is 98.8 Å². The summed E-state index contributed by atoms with van der Waals surface area (Å²) in [5.74, 6) is -0.312. The van der Waals surface area contributed by atoms with Gasteiger partial charge in [-0.1, -0.05) is 45.8 Å². The monoisotopic (exact) mass is 666 g/mol. The average Bonchev–Trinajstić information content (AvgIpc) is 3.04. The molecule has 6 rings (SSSR count). The predicted molar refractivity (Wildman–Crippen MR) is 169 cm³/mol. The molecule has 5 fully saturated rings. The van der Waals surface area contributed by atoms with Gasteiger partial charge < -0.3 is 50.3 Å². The smallest absolute Gasteiger partial charge is 0.318 e. The van der Waals surface area contributed by atoms with Gasteiger partial charge in [-0.15, -0.1) is 0 Å².